The van der Waals surface area contributed by atoms with E-state index in [0.717, 1.165) is 32.1 Å². The largest absolute Gasteiger partial charge is 0.462 e. The summed E-state index contributed by atoms with van der Waals surface area (Å²) in [4.78, 5) is 11.9. The van der Waals surface area contributed by atoms with Gasteiger partial charge in [-0.3, -0.25) is 4.79 Å². The van der Waals surface area contributed by atoms with E-state index in [4.69, 9.17) is 14.2 Å². The van der Waals surface area contributed by atoms with Crippen molar-refractivity contribution in [1.82, 2.24) is 0 Å². The van der Waals surface area contributed by atoms with Crippen LogP contribution >= 0.6 is 0 Å². The Balaban J connectivity index is 1.62. The molecule has 1 heterocycles. The molecule has 5 heteroatoms. The first kappa shape index (κ1) is 19.4. The maximum Gasteiger partial charge on any atom is 0.305 e. The van der Waals surface area contributed by atoms with Gasteiger partial charge < -0.3 is 19.3 Å². The molecule has 0 amide bonds. The molecule has 0 aromatic rings. The number of fused-ring (bicyclic) bond motifs is 5. The van der Waals surface area contributed by atoms with Gasteiger partial charge in [-0.15, -0.1) is 0 Å². The van der Waals surface area contributed by atoms with Crippen molar-refractivity contribution in [3.63, 3.8) is 0 Å². The van der Waals surface area contributed by atoms with Crippen LogP contribution in [0.4, 0.5) is 0 Å². The number of esters is 1. The zero-order valence-corrected chi connectivity index (χ0v) is 17.1. The summed E-state index contributed by atoms with van der Waals surface area (Å²) >= 11 is 0. The summed E-state index contributed by atoms with van der Waals surface area (Å²) in [7, 11) is 1.68. The second-order valence-corrected chi connectivity index (χ2v) is 9.52. The van der Waals surface area contributed by atoms with Gasteiger partial charge in [0, 0.05) is 30.8 Å². The van der Waals surface area contributed by atoms with Gasteiger partial charge in [-0.05, 0) is 43.4 Å². The molecular formula is C22H34O5. The third kappa shape index (κ3) is 2.89. The highest BCUT2D eigenvalue weighted by Crippen LogP contribution is 2.64. The Labute approximate surface area is 162 Å². The van der Waals surface area contributed by atoms with Gasteiger partial charge in [0.25, 0.3) is 0 Å². The Hall–Kier alpha value is -0.910. The van der Waals surface area contributed by atoms with Crippen molar-refractivity contribution in [2.75, 3.05) is 13.7 Å². The number of carbonyl (C=O) groups is 1. The zero-order valence-electron chi connectivity index (χ0n) is 17.1. The minimum atomic E-state index is -0.432. The molecule has 1 saturated heterocycles. The number of hydrogen-bond acceptors (Lipinski definition) is 5. The van der Waals surface area contributed by atoms with Crippen molar-refractivity contribution < 1.29 is 24.1 Å². The summed E-state index contributed by atoms with van der Waals surface area (Å²) in [5.41, 5.74) is 1.24. The van der Waals surface area contributed by atoms with E-state index in [0.29, 0.717) is 24.9 Å². The zero-order chi connectivity index (χ0) is 19.4. The summed E-state index contributed by atoms with van der Waals surface area (Å²) in [5.74, 6) is 0.902. The lowest BCUT2D eigenvalue weighted by atomic mass is 9.49. The third-order valence-electron chi connectivity index (χ3n) is 8.34. The number of aliphatic hydroxyl groups is 1. The third-order valence-corrected chi connectivity index (χ3v) is 8.34. The molecule has 2 saturated carbocycles. The standard InChI is InChI=1S/C22H34O5/c1-5-18(24)27-17-7-6-14-20-15(8-9-21(14,17)2)22(3)12-26-19(25-4)11-13(22)10-16(20)23/h10,14-17,19-20,23H,5-9,11-12H2,1-4H3/t14?,15?,16-,17-,19-,20?,21-,22-/m0/s1. The highest BCUT2D eigenvalue weighted by Gasteiger charge is 2.61. The van der Waals surface area contributed by atoms with Crippen molar-refractivity contribution in [2.24, 2.45) is 28.6 Å². The molecule has 3 aliphatic carbocycles. The highest BCUT2D eigenvalue weighted by atomic mass is 16.7. The van der Waals surface area contributed by atoms with Gasteiger partial charge in [0.05, 0.1) is 12.7 Å². The monoisotopic (exact) mass is 378 g/mol. The molecule has 4 rings (SSSR count). The van der Waals surface area contributed by atoms with Crippen molar-refractivity contribution in [3.05, 3.63) is 11.6 Å². The number of aliphatic hydroxyl groups excluding tert-OH is 1. The molecule has 5 nitrogen and oxygen atoms in total. The SMILES string of the molecule is CCC(=O)O[C@H]1CCC2C3C(CC[C@@]21C)[C@@]1(C)CO[C@H](OC)CC1=C[C@@H]3O. The molecule has 0 spiro atoms. The van der Waals surface area contributed by atoms with Crippen LogP contribution < -0.4 is 0 Å². The molecule has 3 unspecified atom stereocenters. The van der Waals surface area contributed by atoms with Crippen LogP contribution in [0.3, 0.4) is 0 Å². The molecule has 1 N–H and O–H groups in total. The average molecular weight is 379 g/mol. The Morgan fingerprint density at radius 1 is 1.30 bits per heavy atom. The van der Waals surface area contributed by atoms with Gasteiger partial charge in [0.1, 0.15) is 6.10 Å². The number of carbonyl (C=O) groups excluding carboxylic acids is 1. The van der Waals surface area contributed by atoms with E-state index in [1.54, 1.807) is 7.11 Å². The van der Waals surface area contributed by atoms with E-state index in [1.165, 1.54) is 5.57 Å². The number of rotatable bonds is 3. The van der Waals surface area contributed by atoms with Gasteiger partial charge in [0.2, 0.25) is 0 Å². The normalized spacial score (nSPS) is 48.9. The Morgan fingerprint density at radius 3 is 2.78 bits per heavy atom. The smallest absolute Gasteiger partial charge is 0.305 e. The first-order valence-corrected chi connectivity index (χ1v) is 10.6. The van der Waals surface area contributed by atoms with Crippen LogP contribution in [0.1, 0.15) is 59.3 Å². The summed E-state index contributed by atoms with van der Waals surface area (Å²) in [6.07, 6.45) is 6.64. The van der Waals surface area contributed by atoms with Gasteiger partial charge in [0.15, 0.2) is 6.29 Å². The fourth-order valence-electron chi connectivity index (χ4n) is 6.70. The molecular weight excluding hydrogens is 344 g/mol. The van der Waals surface area contributed by atoms with Gasteiger partial charge >= 0.3 is 5.97 Å². The van der Waals surface area contributed by atoms with Gasteiger partial charge in [-0.1, -0.05) is 32.4 Å². The molecule has 3 fully saturated rings. The Morgan fingerprint density at radius 2 is 2.07 bits per heavy atom. The highest BCUT2D eigenvalue weighted by molar-refractivity contribution is 5.69. The fourth-order valence-corrected chi connectivity index (χ4v) is 6.70. The van der Waals surface area contributed by atoms with Crippen molar-refractivity contribution in [1.29, 1.82) is 0 Å². The second-order valence-electron chi connectivity index (χ2n) is 9.52. The van der Waals surface area contributed by atoms with E-state index in [-0.39, 0.29) is 35.1 Å². The van der Waals surface area contributed by atoms with Crippen LogP contribution in [0.25, 0.3) is 0 Å². The molecule has 0 radical (unpaired) electrons. The van der Waals surface area contributed by atoms with Gasteiger partial charge in [-0.25, -0.2) is 0 Å². The lowest BCUT2D eigenvalue weighted by Crippen LogP contribution is -2.57. The topological polar surface area (TPSA) is 65.0 Å². The minimum absolute atomic E-state index is 0.0123. The summed E-state index contributed by atoms with van der Waals surface area (Å²) in [6, 6.07) is 0. The maximum absolute atomic E-state index is 11.9. The van der Waals surface area contributed by atoms with Crippen molar-refractivity contribution >= 4 is 5.97 Å². The molecule has 8 atom stereocenters. The van der Waals surface area contributed by atoms with E-state index >= 15 is 0 Å². The minimum Gasteiger partial charge on any atom is -0.462 e. The first-order chi connectivity index (χ1) is 12.8. The van der Waals surface area contributed by atoms with E-state index in [9.17, 15) is 9.90 Å². The molecule has 0 aromatic carbocycles. The van der Waals surface area contributed by atoms with Crippen LogP contribution in [-0.4, -0.2) is 43.3 Å². The summed E-state index contributed by atoms with van der Waals surface area (Å²) in [6.45, 7) is 7.09. The van der Waals surface area contributed by atoms with Crippen molar-refractivity contribution in [2.45, 2.75) is 77.8 Å². The molecule has 4 aliphatic rings. The number of ether oxygens (including phenoxy) is 3. The van der Waals surface area contributed by atoms with E-state index in [2.05, 4.69) is 19.9 Å². The first-order valence-electron chi connectivity index (χ1n) is 10.6. The van der Waals surface area contributed by atoms with E-state index < -0.39 is 6.10 Å². The lowest BCUT2D eigenvalue weighted by molar-refractivity contribution is -0.191. The van der Waals surface area contributed by atoms with E-state index in [1.807, 2.05) is 6.92 Å². The second kappa shape index (κ2) is 6.85. The Bertz CT molecular complexity index is 630. The van der Waals surface area contributed by atoms with Crippen molar-refractivity contribution in [3.8, 4) is 0 Å². The molecule has 1 aliphatic heterocycles. The Kier molecular flexibility index (Phi) is 4.93. The predicted octanol–water partition coefficient (Wildman–Crippen LogP) is 3.45. The molecule has 0 aromatic heterocycles. The molecule has 27 heavy (non-hydrogen) atoms. The quantitative estimate of drug-likeness (QED) is 0.602. The van der Waals surface area contributed by atoms with Gasteiger partial charge in [-0.2, -0.15) is 0 Å². The fraction of sp³-hybridized carbons (Fsp3) is 0.864. The summed E-state index contributed by atoms with van der Waals surface area (Å²) < 4.78 is 17.2. The van der Waals surface area contributed by atoms with Crippen LogP contribution in [0.5, 0.6) is 0 Å². The molecule has 0 bridgehead atoms. The van der Waals surface area contributed by atoms with Crippen LogP contribution in [0, 0.1) is 28.6 Å². The number of methoxy groups -OCH3 is 1. The maximum atomic E-state index is 11.9. The predicted molar refractivity (Wildman–Crippen MR) is 101 cm³/mol. The number of hydrogen-bond donors (Lipinski definition) is 1. The van der Waals surface area contributed by atoms with Crippen LogP contribution in [-0.2, 0) is 19.0 Å². The molecule has 152 valence electrons. The summed E-state index contributed by atoms with van der Waals surface area (Å²) in [5, 5.41) is 11.1. The average Bonchev–Trinajstić information content (AvgIpc) is 2.98. The van der Waals surface area contributed by atoms with Crippen LogP contribution in [0.2, 0.25) is 0 Å². The van der Waals surface area contributed by atoms with Crippen LogP contribution in [0.15, 0.2) is 11.6 Å². The lowest BCUT2D eigenvalue weighted by Gasteiger charge is -2.58.